The van der Waals surface area contributed by atoms with E-state index in [1.165, 1.54) is 9.87 Å². The van der Waals surface area contributed by atoms with Gasteiger partial charge < -0.3 is 19.3 Å². The van der Waals surface area contributed by atoms with Gasteiger partial charge in [-0.2, -0.15) is 4.31 Å². The summed E-state index contributed by atoms with van der Waals surface area (Å²) in [6.45, 7) is 14.3. The maximum absolute atomic E-state index is 13.2. The Labute approximate surface area is 281 Å². The van der Waals surface area contributed by atoms with E-state index in [2.05, 4.69) is 91.2 Å². The highest BCUT2D eigenvalue weighted by Gasteiger charge is 2.32. The molecule has 7 nitrogen and oxygen atoms in total. The number of anilines is 3. The molecule has 0 saturated carbocycles. The molecule has 0 aliphatic carbocycles. The van der Waals surface area contributed by atoms with Gasteiger partial charge in [-0.1, -0.05) is 57.5 Å². The molecule has 250 valence electrons. The van der Waals surface area contributed by atoms with Crippen LogP contribution >= 0.6 is 0 Å². The molecule has 0 spiro atoms. The molecule has 4 aromatic carbocycles. The van der Waals surface area contributed by atoms with E-state index in [1.54, 1.807) is 19.2 Å². The summed E-state index contributed by atoms with van der Waals surface area (Å²) in [4.78, 5) is 4.93. The lowest BCUT2D eigenvalue weighted by Gasteiger charge is -2.33. The van der Waals surface area contributed by atoms with Crippen LogP contribution in [0.3, 0.4) is 0 Å². The first-order chi connectivity index (χ1) is 22.8. The molecule has 1 aliphatic rings. The van der Waals surface area contributed by atoms with E-state index in [0.717, 1.165) is 77.7 Å². The maximum atomic E-state index is 13.2. The normalized spacial score (nSPS) is 14.0. The van der Waals surface area contributed by atoms with Crippen LogP contribution in [0.5, 0.6) is 11.5 Å². The van der Waals surface area contributed by atoms with Gasteiger partial charge >= 0.3 is 0 Å². The molecule has 47 heavy (non-hydrogen) atoms. The summed E-state index contributed by atoms with van der Waals surface area (Å²) in [6.07, 6.45) is 2.03. The maximum Gasteiger partial charge on any atom is 0.243 e. The highest BCUT2D eigenvalue weighted by atomic mass is 32.2. The van der Waals surface area contributed by atoms with Crippen molar-refractivity contribution in [1.29, 1.82) is 0 Å². The monoisotopic (exact) mass is 655 g/mol. The fraction of sp³-hybridized carbons (Fsp3) is 0.385. The second kappa shape index (κ2) is 15.4. The zero-order valence-electron chi connectivity index (χ0n) is 28.7. The molecule has 0 radical (unpaired) electrons. The topological polar surface area (TPSA) is 62.3 Å². The molecule has 1 aliphatic heterocycles. The number of benzene rings is 4. The first kappa shape index (κ1) is 34.5. The predicted octanol–water partition coefficient (Wildman–Crippen LogP) is 8.93. The minimum atomic E-state index is -3.54. The van der Waals surface area contributed by atoms with Crippen molar-refractivity contribution in [3.63, 3.8) is 0 Å². The Bertz CT molecular complexity index is 1750. The van der Waals surface area contributed by atoms with E-state index in [0.29, 0.717) is 24.6 Å². The van der Waals surface area contributed by atoms with Crippen LogP contribution in [0, 0.1) is 0 Å². The second-order valence-corrected chi connectivity index (χ2v) is 13.8. The number of fused-ring (bicyclic) bond motifs is 2. The molecule has 1 atom stereocenters. The van der Waals surface area contributed by atoms with E-state index in [9.17, 15) is 8.42 Å². The minimum absolute atomic E-state index is 0.0552. The number of hydrogen-bond acceptors (Lipinski definition) is 6. The molecule has 5 rings (SSSR count). The summed E-state index contributed by atoms with van der Waals surface area (Å²) in [7, 11) is -1.80. The molecular weight excluding hydrogens is 607 g/mol. The number of methoxy groups -OCH3 is 1. The Hall–Kier alpha value is -3.85. The third-order valence-corrected chi connectivity index (χ3v) is 11.2. The number of hydrogen-bond donors (Lipinski definition) is 0. The fourth-order valence-electron chi connectivity index (χ4n) is 6.62. The average Bonchev–Trinajstić information content (AvgIpc) is 3.09. The highest BCUT2D eigenvalue weighted by molar-refractivity contribution is 7.89. The van der Waals surface area contributed by atoms with Gasteiger partial charge in [0.25, 0.3) is 0 Å². The summed E-state index contributed by atoms with van der Waals surface area (Å²) < 4.78 is 40.2. The standard InChI is InChI=1S/C39H49N3O4S/c1-7-12-25-42(30-17-21-33(22-18-30)47(43,44)41(10-4)11-5)32-20-24-37-36(26-32)39(34-16-14-13-15-29(34)28-45-6)35-23-19-31(27-38(35)46-37)40(8-2)9-3/h13-24,26-27,39H,7-12,25,28H2,1-6H3. The largest absolute Gasteiger partial charge is 0.457 e. The van der Waals surface area contributed by atoms with Crippen molar-refractivity contribution in [2.24, 2.45) is 0 Å². The number of rotatable bonds is 15. The fourth-order valence-corrected chi connectivity index (χ4v) is 8.07. The van der Waals surface area contributed by atoms with Crippen LogP contribution in [0.25, 0.3) is 0 Å². The summed E-state index contributed by atoms with van der Waals surface area (Å²) in [5, 5.41) is 0. The van der Waals surface area contributed by atoms with Gasteiger partial charge in [-0.05, 0) is 79.9 Å². The number of nitrogens with zero attached hydrogens (tertiary/aromatic N) is 3. The SMILES string of the molecule is CCCCN(c1ccc(S(=O)(=O)N(CC)CC)cc1)c1ccc2c(c1)C(c1ccccc1COC)c1ccc(N(CC)CC)cc1O2. The Morgan fingerprint density at radius 1 is 0.702 bits per heavy atom. The van der Waals surface area contributed by atoms with Crippen molar-refractivity contribution in [3.05, 3.63) is 107 Å². The van der Waals surface area contributed by atoms with Crippen molar-refractivity contribution in [2.75, 3.05) is 49.6 Å². The Morgan fingerprint density at radius 2 is 1.38 bits per heavy atom. The van der Waals surface area contributed by atoms with Gasteiger partial charge in [-0.3, -0.25) is 0 Å². The van der Waals surface area contributed by atoms with E-state index in [-0.39, 0.29) is 5.92 Å². The molecular formula is C39H49N3O4S. The average molecular weight is 656 g/mol. The molecule has 1 heterocycles. The number of sulfonamides is 1. The van der Waals surface area contributed by atoms with Crippen LogP contribution in [0.15, 0.2) is 89.8 Å². The third kappa shape index (κ3) is 7.05. The zero-order chi connectivity index (χ0) is 33.6. The number of unbranched alkanes of at least 4 members (excludes halogenated alkanes) is 1. The Balaban J connectivity index is 1.62. The van der Waals surface area contributed by atoms with Gasteiger partial charge in [-0.15, -0.1) is 0 Å². The first-order valence-electron chi connectivity index (χ1n) is 17.0. The lowest BCUT2D eigenvalue weighted by Crippen LogP contribution is -2.30. The van der Waals surface area contributed by atoms with E-state index in [1.807, 2.05) is 26.0 Å². The van der Waals surface area contributed by atoms with Gasteiger partial charge in [0.05, 0.1) is 11.5 Å². The third-order valence-electron chi connectivity index (χ3n) is 9.17. The Kier molecular flexibility index (Phi) is 11.3. The molecule has 8 heteroatoms. The van der Waals surface area contributed by atoms with Crippen LogP contribution in [0.4, 0.5) is 17.1 Å². The molecule has 0 amide bonds. The quantitative estimate of drug-likeness (QED) is 0.112. The highest BCUT2D eigenvalue weighted by Crippen LogP contribution is 2.50. The van der Waals surface area contributed by atoms with Gasteiger partial charge in [0.15, 0.2) is 0 Å². The lowest BCUT2D eigenvalue weighted by molar-refractivity contribution is 0.184. The minimum Gasteiger partial charge on any atom is -0.457 e. The van der Waals surface area contributed by atoms with Crippen LogP contribution < -0.4 is 14.5 Å². The lowest BCUT2D eigenvalue weighted by atomic mass is 9.80. The van der Waals surface area contributed by atoms with Crippen molar-refractivity contribution >= 4 is 27.1 Å². The summed E-state index contributed by atoms with van der Waals surface area (Å²) in [6, 6.07) is 28.9. The van der Waals surface area contributed by atoms with Gasteiger partial charge in [0, 0.05) is 80.0 Å². The van der Waals surface area contributed by atoms with Crippen molar-refractivity contribution in [2.45, 2.75) is 64.9 Å². The van der Waals surface area contributed by atoms with Gasteiger partial charge in [0.2, 0.25) is 10.0 Å². The van der Waals surface area contributed by atoms with E-state index in [4.69, 9.17) is 9.47 Å². The second-order valence-electron chi connectivity index (χ2n) is 11.9. The zero-order valence-corrected chi connectivity index (χ0v) is 29.5. The van der Waals surface area contributed by atoms with Crippen LogP contribution in [0.2, 0.25) is 0 Å². The van der Waals surface area contributed by atoms with Crippen LogP contribution in [-0.2, 0) is 21.4 Å². The molecule has 0 bridgehead atoms. The first-order valence-corrected chi connectivity index (χ1v) is 18.4. The molecule has 4 aromatic rings. The molecule has 0 aromatic heterocycles. The van der Waals surface area contributed by atoms with Crippen LogP contribution in [-0.4, -0.2) is 52.6 Å². The molecule has 1 unspecified atom stereocenters. The molecule has 0 N–H and O–H groups in total. The van der Waals surface area contributed by atoms with Crippen molar-refractivity contribution in [1.82, 2.24) is 4.31 Å². The van der Waals surface area contributed by atoms with E-state index >= 15 is 0 Å². The predicted molar refractivity (Wildman–Crippen MR) is 193 cm³/mol. The van der Waals surface area contributed by atoms with Crippen LogP contribution in [0.1, 0.15) is 75.6 Å². The van der Waals surface area contributed by atoms with Crippen molar-refractivity contribution in [3.8, 4) is 11.5 Å². The van der Waals surface area contributed by atoms with Crippen molar-refractivity contribution < 1.29 is 17.9 Å². The summed E-state index contributed by atoms with van der Waals surface area (Å²) in [5.41, 5.74) is 7.70. The molecule has 0 fully saturated rings. The van der Waals surface area contributed by atoms with Gasteiger partial charge in [-0.25, -0.2) is 8.42 Å². The Morgan fingerprint density at radius 3 is 2.04 bits per heavy atom. The molecule has 0 saturated heterocycles. The smallest absolute Gasteiger partial charge is 0.243 e. The van der Waals surface area contributed by atoms with E-state index < -0.39 is 10.0 Å². The summed E-state index contributed by atoms with van der Waals surface area (Å²) in [5.74, 6) is 1.66. The van der Waals surface area contributed by atoms with Gasteiger partial charge in [0.1, 0.15) is 11.5 Å². The summed E-state index contributed by atoms with van der Waals surface area (Å²) >= 11 is 0. The number of ether oxygens (including phenoxy) is 2.